The second kappa shape index (κ2) is 8.46. The molecule has 0 unspecified atom stereocenters. The lowest BCUT2D eigenvalue weighted by Gasteiger charge is -2.08. The summed E-state index contributed by atoms with van der Waals surface area (Å²) in [6.45, 7) is 3.76. The Hall–Kier alpha value is -3.39. The number of nitrogens with one attached hydrogen (secondary N) is 1. The summed E-state index contributed by atoms with van der Waals surface area (Å²) in [5, 5.41) is 11.8. The molecule has 0 aliphatic rings. The average Bonchev–Trinajstić information content (AvgIpc) is 2.62. The Morgan fingerprint density at radius 2 is 1.92 bits per heavy atom. The molecule has 1 N–H and O–H groups in total. The van der Waals surface area contributed by atoms with Gasteiger partial charge in [-0.2, -0.15) is 5.26 Å². The standard InChI is InChI=1S/C20H18N2O3/c1-3-25-20(24)18(19(23)16-9-7-14(2)8-10-16)13-22-17-6-4-5-15(11-17)12-21/h4-11,13,22H,3H2,1-2H3/b18-13+. The summed E-state index contributed by atoms with van der Waals surface area (Å²) in [7, 11) is 0. The number of rotatable bonds is 6. The maximum Gasteiger partial charge on any atom is 0.343 e. The fraction of sp³-hybridized carbons (Fsp3) is 0.150. The molecular weight excluding hydrogens is 316 g/mol. The van der Waals surface area contributed by atoms with Crippen molar-refractivity contribution in [2.45, 2.75) is 13.8 Å². The quantitative estimate of drug-likeness (QED) is 0.287. The van der Waals surface area contributed by atoms with Gasteiger partial charge in [0.2, 0.25) is 5.78 Å². The number of Topliss-reactive ketones (excluding diaryl/α,β-unsaturated/α-hetero) is 1. The van der Waals surface area contributed by atoms with E-state index in [0.29, 0.717) is 16.8 Å². The van der Waals surface area contributed by atoms with Gasteiger partial charge in [0.05, 0.1) is 18.2 Å². The van der Waals surface area contributed by atoms with Gasteiger partial charge >= 0.3 is 5.97 Å². The number of nitriles is 1. The lowest BCUT2D eigenvalue weighted by Crippen LogP contribution is -2.17. The van der Waals surface area contributed by atoms with E-state index in [0.717, 1.165) is 5.56 Å². The van der Waals surface area contributed by atoms with Crippen molar-refractivity contribution >= 4 is 17.4 Å². The van der Waals surface area contributed by atoms with Gasteiger partial charge in [0.1, 0.15) is 5.57 Å². The minimum absolute atomic E-state index is 0.104. The third-order valence-electron chi connectivity index (χ3n) is 3.43. The highest BCUT2D eigenvalue weighted by molar-refractivity contribution is 6.24. The molecule has 0 aliphatic heterocycles. The fourth-order valence-electron chi connectivity index (χ4n) is 2.12. The van der Waals surface area contributed by atoms with Gasteiger partial charge in [-0.15, -0.1) is 0 Å². The van der Waals surface area contributed by atoms with Crippen molar-refractivity contribution in [3.8, 4) is 6.07 Å². The Labute approximate surface area is 146 Å². The highest BCUT2D eigenvalue weighted by Gasteiger charge is 2.21. The summed E-state index contributed by atoms with van der Waals surface area (Å²) in [6.07, 6.45) is 1.32. The molecule has 0 atom stereocenters. The number of ketones is 1. The molecule has 0 fully saturated rings. The highest BCUT2D eigenvalue weighted by atomic mass is 16.5. The summed E-state index contributed by atoms with van der Waals surface area (Å²) in [6, 6.07) is 15.7. The van der Waals surface area contributed by atoms with Crippen molar-refractivity contribution in [3.05, 3.63) is 77.0 Å². The first-order valence-electron chi connectivity index (χ1n) is 7.80. The van der Waals surface area contributed by atoms with E-state index >= 15 is 0 Å². The molecular formula is C20H18N2O3. The van der Waals surface area contributed by atoms with Crippen molar-refractivity contribution < 1.29 is 14.3 Å². The largest absolute Gasteiger partial charge is 0.462 e. The van der Waals surface area contributed by atoms with Gasteiger partial charge in [-0.25, -0.2) is 4.79 Å². The lowest BCUT2D eigenvalue weighted by molar-refractivity contribution is -0.138. The van der Waals surface area contributed by atoms with Gasteiger partial charge in [0, 0.05) is 17.5 Å². The number of hydrogen-bond acceptors (Lipinski definition) is 5. The molecule has 0 radical (unpaired) electrons. The maximum atomic E-state index is 12.7. The van der Waals surface area contributed by atoms with Gasteiger partial charge in [0.25, 0.3) is 0 Å². The van der Waals surface area contributed by atoms with Crippen LogP contribution in [0.1, 0.15) is 28.4 Å². The predicted molar refractivity (Wildman–Crippen MR) is 95.0 cm³/mol. The van der Waals surface area contributed by atoms with Gasteiger partial charge in [-0.05, 0) is 32.0 Å². The van der Waals surface area contributed by atoms with Crippen molar-refractivity contribution in [1.29, 1.82) is 5.26 Å². The van der Waals surface area contributed by atoms with Crippen LogP contribution in [-0.4, -0.2) is 18.4 Å². The number of carbonyl (C=O) groups is 2. The number of esters is 1. The third-order valence-corrected chi connectivity index (χ3v) is 3.43. The molecule has 2 rings (SSSR count). The van der Waals surface area contributed by atoms with E-state index in [1.54, 1.807) is 55.5 Å². The van der Waals surface area contributed by atoms with Crippen molar-refractivity contribution in [2.24, 2.45) is 0 Å². The first kappa shape index (κ1) is 18.0. The molecule has 0 bridgehead atoms. The number of nitrogens with zero attached hydrogens (tertiary/aromatic N) is 1. The molecule has 0 aromatic heterocycles. The highest BCUT2D eigenvalue weighted by Crippen LogP contribution is 2.14. The van der Waals surface area contributed by atoms with Gasteiger partial charge in [-0.3, -0.25) is 4.79 Å². The van der Waals surface area contributed by atoms with Crippen LogP contribution in [0.2, 0.25) is 0 Å². The van der Waals surface area contributed by atoms with Gasteiger partial charge < -0.3 is 10.1 Å². The van der Waals surface area contributed by atoms with Crippen LogP contribution in [0.5, 0.6) is 0 Å². The van der Waals surface area contributed by atoms with Crippen molar-refractivity contribution in [3.63, 3.8) is 0 Å². The molecule has 0 saturated carbocycles. The molecule has 0 aliphatic carbocycles. The molecule has 0 amide bonds. The first-order valence-corrected chi connectivity index (χ1v) is 7.80. The van der Waals surface area contributed by atoms with Crippen LogP contribution in [0.15, 0.2) is 60.3 Å². The van der Waals surface area contributed by atoms with Crippen molar-refractivity contribution in [1.82, 2.24) is 0 Å². The zero-order chi connectivity index (χ0) is 18.2. The molecule has 25 heavy (non-hydrogen) atoms. The van der Waals surface area contributed by atoms with Crippen LogP contribution in [-0.2, 0) is 9.53 Å². The number of carbonyl (C=O) groups excluding carboxylic acids is 2. The number of hydrogen-bond donors (Lipinski definition) is 1. The maximum absolute atomic E-state index is 12.7. The Balaban J connectivity index is 2.31. The minimum atomic E-state index is -0.697. The Morgan fingerprint density at radius 3 is 2.56 bits per heavy atom. The smallest absolute Gasteiger partial charge is 0.343 e. The van der Waals surface area contributed by atoms with Crippen LogP contribution in [0.3, 0.4) is 0 Å². The van der Waals surface area contributed by atoms with E-state index in [2.05, 4.69) is 5.32 Å². The third kappa shape index (κ3) is 4.79. The summed E-state index contributed by atoms with van der Waals surface area (Å²) < 4.78 is 4.98. The fourth-order valence-corrected chi connectivity index (χ4v) is 2.12. The Bertz CT molecular complexity index is 846. The molecule has 5 nitrogen and oxygen atoms in total. The predicted octanol–water partition coefficient (Wildman–Crippen LogP) is 3.61. The number of benzene rings is 2. The zero-order valence-electron chi connectivity index (χ0n) is 14.1. The second-order valence-corrected chi connectivity index (χ2v) is 5.31. The van der Waals surface area contributed by atoms with E-state index in [1.165, 1.54) is 6.20 Å². The number of ether oxygens (including phenoxy) is 1. The molecule has 2 aromatic carbocycles. The van der Waals surface area contributed by atoms with Crippen LogP contribution in [0.25, 0.3) is 0 Å². The molecule has 0 spiro atoms. The van der Waals surface area contributed by atoms with E-state index in [4.69, 9.17) is 10.00 Å². The summed E-state index contributed by atoms with van der Waals surface area (Å²) in [5.74, 6) is -1.13. The second-order valence-electron chi connectivity index (χ2n) is 5.31. The summed E-state index contributed by atoms with van der Waals surface area (Å²) in [4.78, 5) is 24.8. The van der Waals surface area contributed by atoms with Gasteiger partial charge in [-0.1, -0.05) is 35.9 Å². The summed E-state index contributed by atoms with van der Waals surface area (Å²) >= 11 is 0. The van der Waals surface area contributed by atoms with Gasteiger partial charge in [0.15, 0.2) is 0 Å². The van der Waals surface area contributed by atoms with E-state index in [1.807, 2.05) is 13.0 Å². The topological polar surface area (TPSA) is 79.2 Å². The van der Waals surface area contributed by atoms with Crippen LogP contribution < -0.4 is 5.32 Å². The summed E-state index contributed by atoms with van der Waals surface area (Å²) in [5.41, 5.74) is 2.38. The van der Waals surface area contributed by atoms with E-state index in [-0.39, 0.29) is 12.2 Å². The van der Waals surface area contributed by atoms with Crippen LogP contribution in [0.4, 0.5) is 5.69 Å². The van der Waals surface area contributed by atoms with Crippen LogP contribution >= 0.6 is 0 Å². The molecule has 0 heterocycles. The number of anilines is 1. The SMILES string of the molecule is CCOC(=O)/C(=C/Nc1cccc(C#N)c1)C(=O)c1ccc(C)cc1. The Kier molecular flexibility index (Phi) is 6.08. The first-order chi connectivity index (χ1) is 12.0. The normalized spacial score (nSPS) is 10.7. The average molecular weight is 334 g/mol. The minimum Gasteiger partial charge on any atom is -0.462 e. The lowest BCUT2D eigenvalue weighted by atomic mass is 10.0. The monoisotopic (exact) mass is 334 g/mol. The molecule has 126 valence electrons. The molecule has 2 aromatic rings. The van der Waals surface area contributed by atoms with E-state index < -0.39 is 11.8 Å². The molecule has 0 saturated heterocycles. The van der Waals surface area contributed by atoms with E-state index in [9.17, 15) is 9.59 Å². The zero-order valence-corrected chi connectivity index (χ0v) is 14.1. The molecule has 5 heteroatoms. The Morgan fingerprint density at radius 1 is 1.20 bits per heavy atom. The number of aryl methyl sites for hydroxylation is 1. The van der Waals surface area contributed by atoms with Crippen molar-refractivity contribution in [2.75, 3.05) is 11.9 Å². The van der Waals surface area contributed by atoms with Crippen LogP contribution in [0, 0.1) is 18.3 Å².